The maximum atomic E-state index is 11.3. The summed E-state index contributed by atoms with van der Waals surface area (Å²) in [6.45, 7) is 3.97. The highest BCUT2D eigenvalue weighted by Gasteiger charge is 2.14. The first-order valence-corrected chi connectivity index (χ1v) is 6.02. The van der Waals surface area contributed by atoms with Crippen LogP contribution < -0.4 is 0 Å². The van der Waals surface area contributed by atoms with Gasteiger partial charge in [0.2, 0.25) is 0 Å². The second-order valence-electron chi connectivity index (χ2n) is 3.88. The minimum atomic E-state index is -0.120. The van der Waals surface area contributed by atoms with Crippen molar-refractivity contribution in [3.63, 3.8) is 0 Å². The van der Waals surface area contributed by atoms with Gasteiger partial charge in [0.25, 0.3) is 0 Å². The van der Waals surface area contributed by atoms with Gasteiger partial charge in [0.05, 0.1) is 0 Å². The van der Waals surface area contributed by atoms with Crippen LogP contribution in [0.15, 0.2) is 30.3 Å². The molecule has 0 aliphatic rings. The van der Waals surface area contributed by atoms with Crippen LogP contribution in [0.4, 0.5) is 0 Å². The van der Waals surface area contributed by atoms with Crippen LogP contribution in [0.2, 0.25) is 0 Å². The first-order valence-electron chi connectivity index (χ1n) is 6.02. The van der Waals surface area contributed by atoms with Crippen LogP contribution in [0.1, 0.15) is 51.2 Å². The summed E-state index contributed by atoms with van der Waals surface area (Å²) in [4.78, 5) is 11.3. The molecule has 2 heteroatoms. The minimum Gasteiger partial charge on any atom is -0.457 e. The highest BCUT2D eigenvalue weighted by atomic mass is 16.5. The molecule has 1 aromatic rings. The van der Waals surface area contributed by atoms with Crippen molar-refractivity contribution >= 4 is 5.97 Å². The highest BCUT2D eigenvalue weighted by molar-refractivity contribution is 5.69. The summed E-state index contributed by atoms with van der Waals surface area (Å²) >= 11 is 0. The van der Waals surface area contributed by atoms with Gasteiger partial charge in [-0.1, -0.05) is 50.6 Å². The van der Waals surface area contributed by atoms with E-state index in [9.17, 15) is 4.79 Å². The third-order valence-corrected chi connectivity index (χ3v) is 2.55. The Bertz CT molecular complexity index is 306. The van der Waals surface area contributed by atoms with Crippen LogP contribution in [0.3, 0.4) is 0 Å². The predicted octanol–water partition coefficient (Wildman–Crippen LogP) is 3.87. The Kier molecular flexibility index (Phi) is 5.62. The number of esters is 1. The Balaban J connectivity index is 2.67. The normalized spacial score (nSPS) is 12.1. The molecular weight excluding hydrogens is 200 g/mol. The molecule has 0 bridgehead atoms. The van der Waals surface area contributed by atoms with Crippen molar-refractivity contribution in [1.29, 1.82) is 0 Å². The summed E-state index contributed by atoms with van der Waals surface area (Å²) in [5.74, 6) is -0.120. The maximum Gasteiger partial charge on any atom is 0.306 e. The fourth-order valence-corrected chi connectivity index (χ4v) is 1.59. The van der Waals surface area contributed by atoms with E-state index in [4.69, 9.17) is 4.74 Å². The third-order valence-electron chi connectivity index (χ3n) is 2.55. The molecule has 0 heterocycles. The lowest BCUT2D eigenvalue weighted by atomic mass is 10.0. The minimum absolute atomic E-state index is 0.0754. The second kappa shape index (κ2) is 7.04. The molecule has 0 N–H and O–H groups in total. The van der Waals surface area contributed by atoms with Gasteiger partial charge in [-0.05, 0) is 18.4 Å². The fourth-order valence-electron chi connectivity index (χ4n) is 1.59. The van der Waals surface area contributed by atoms with Gasteiger partial charge in [-0.3, -0.25) is 4.79 Å². The number of carbonyl (C=O) groups is 1. The smallest absolute Gasteiger partial charge is 0.306 e. The molecule has 1 unspecified atom stereocenters. The number of rotatable bonds is 6. The summed E-state index contributed by atoms with van der Waals surface area (Å²) in [5.41, 5.74) is 1.10. The summed E-state index contributed by atoms with van der Waals surface area (Å²) < 4.78 is 5.45. The molecule has 1 atom stereocenters. The summed E-state index contributed by atoms with van der Waals surface area (Å²) in [5, 5.41) is 0. The number of ether oxygens (including phenoxy) is 1. The maximum absolute atomic E-state index is 11.3. The van der Waals surface area contributed by atoms with E-state index >= 15 is 0 Å². The van der Waals surface area contributed by atoms with Crippen LogP contribution in [-0.2, 0) is 9.53 Å². The van der Waals surface area contributed by atoms with E-state index in [2.05, 4.69) is 6.92 Å². The summed E-state index contributed by atoms with van der Waals surface area (Å²) in [6.07, 6.45) is 3.47. The molecule has 88 valence electrons. The summed E-state index contributed by atoms with van der Waals surface area (Å²) in [7, 11) is 0. The Morgan fingerprint density at radius 2 is 1.94 bits per heavy atom. The standard InChI is InChI=1S/C14H20O2/c1-3-5-11-13(16-14(15)4-2)12-9-7-6-8-10-12/h6-10,13H,3-5,11H2,1-2H3. The zero-order valence-corrected chi connectivity index (χ0v) is 10.1. The van der Waals surface area contributed by atoms with E-state index in [-0.39, 0.29) is 12.1 Å². The van der Waals surface area contributed by atoms with Crippen molar-refractivity contribution in [2.75, 3.05) is 0 Å². The lowest BCUT2D eigenvalue weighted by Crippen LogP contribution is -2.10. The number of hydrogen-bond donors (Lipinski definition) is 0. The average Bonchev–Trinajstić information content (AvgIpc) is 2.35. The molecule has 0 aromatic heterocycles. The molecular formula is C14H20O2. The molecule has 16 heavy (non-hydrogen) atoms. The first kappa shape index (κ1) is 12.8. The third kappa shape index (κ3) is 4.05. The first-order chi connectivity index (χ1) is 7.77. The van der Waals surface area contributed by atoms with Gasteiger partial charge in [0.1, 0.15) is 6.10 Å². The van der Waals surface area contributed by atoms with Gasteiger partial charge in [0.15, 0.2) is 0 Å². The molecule has 0 fully saturated rings. The molecule has 0 amide bonds. The van der Waals surface area contributed by atoms with Crippen LogP contribution in [-0.4, -0.2) is 5.97 Å². The van der Waals surface area contributed by atoms with E-state index in [0.717, 1.165) is 24.8 Å². The average molecular weight is 220 g/mol. The lowest BCUT2D eigenvalue weighted by molar-refractivity contribution is -0.149. The van der Waals surface area contributed by atoms with Crippen molar-refractivity contribution in [3.05, 3.63) is 35.9 Å². The van der Waals surface area contributed by atoms with Gasteiger partial charge in [-0.15, -0.1) is 0 Å². The van der Waals surface area contributed by atoms with Crippen LogP contribution in [0.25, 0.3) is 0 Å². The molecule has 1 aromatic carbocycles. The van der Waals surface area contributed by atoms with Gasteiger partial charge in [-0.25, -0.2) is 0 Å². The zero-order valence-electron chi connectivity index (χ0n) is 10.1. The number of carbonyl (C=O) groups excluding carboxylic acids is 1. The van der Waals surface area contributed by atoms with Crippen molar-refractivity contribution < 1.29 is 9.53 Å². The Labute approximate surface area is 97.6 Å². The van der Waals surface area contributed by atoms with Gasteiger partial charge >= 0.3 is 5.97 Å². The van der Waals surface area contributed by atoms with E-state index in [1.807, 2.05) is 37.3 Å². The van der Waals surface area contributed by atoms with Crippen molar-refractivity contribution in [1.82, 2.24) is 0 Å². The number of benzene rings is 1. The topological polar surface area (TPSA) is 26.3 Å². The Morgan fingerprint density at radius 3 is 2.50 bits per heavy atom. The van der Waals surface area contributed by atoms with E-state index in [0.29, 0.717) is 6.42 Å². The van der Waals surface area contributed by atoms with Crippen molar-refractivity contribution in [2.45, 2.75) is 45.6 Å². The van der Waals surface area contributed by atoms with Gasteiger partial charge < -0.3 is 4.74 Å². The second-order valence-corrected chi connectivity index (χ2v) is 3.88. The van der Waals surface area contributed by atoms with Crippen molar-refractivity contribution in [2.24, 2.45) is 0 Å². The zero-order chi connectivity index (χ0) is 11.8. The van der Waals surface area contributed by atoms with E-state index in [1.165, 1.54) is 0 Å². The quantitative estimate of drug-likeness (QED) is 0.680. The Morgan fingerprint density at radius 1 is 1.25 bits per heavy atom. The number of unbranched alkanes of at least 4 members (excludes halogenated alkanes) is 1. The van der Waals surface area contributed by atoms with E-state index in [1.54, 1.807) is 0 Å². The van der Waals surface area contributed by atoms with Crippen LogP contribution >= 0.6 is 0 Å². The van der Waals surface area contributed by atoms with Crippen molar-refractivity contribution in [3.8, 4) is 0 Å². The van der Waals surface area contributed by atoms with Crippen LogP contribution in [0.5, 0.6) is 0 Å². The largest absolute Gasteiger partial charge is 0.457 e. The number of hydrogen-bond acceptors (Lipinski definition) is 2. The predicted molar refractivity (Wildman–Crippen MR) is 65.1 cm³/mol. The van der Waals surface area contributed by atoms with Gasteiger partial charge in [-0.2, -0.15) is 0 Å². The molecule has 0 aliphatic carbocycles. The molecule has 2 nitrogen and oxygen atoms in total. The molecule has 0 spiro atoms. The lowest BCUT2D eigenvalue weighted by Gasteiger charge is -2.17. The molecule has 1 rings (SSSR count). The highest BCUT2D eigenvalue weighted by Crippen LogP contribution is 2.23. The summed E-state index contributed by atoms with van der Waals surface area (Å²) in [6, 6.07) is 9.97. The SMILES string of the molecule is CCCCC(OC(=O)CC)c1ccccc1. The van der Waals surface area contributed by atoms with E-state index < -0.39 is 0 Å². The van der Waals surface area contributed by atoms with Gasteiger partial charge in [0, 0.05) is 6.42 Å². The molecule has 0 radical (unpaired) electrons. The Hall–Kier alpha value is -1.31. The fraction of sp³-hybridized carbons (Fsp3) is 0.500. The molecule has 0 saturated heterocycles. The molecule has 0 aliphatic heterocycles. The molecule has 0 saturated carbocycles. The van der Waals surface area contributed by atoms with Crippen LogP contribution in [0, 0.1) is 0 Å². The monoisotopic (exact) mass is 220 g/mol.